The van der Waals surface area contributed by atoms with Crippen molar-refractivity contribution in [2.45, 2.75) is 96.3 Å². The van der Waals surface area contributed by atoms with Crippen LogP contribution < -0.4 is 15.4 Å². The van der Waals surface area contributed by atoms with Crippen molar-refractivity contribution >= 4 is 34.5 Å². The lowest BCUT2D eigenvalue weighted by Crippen LogP contribution is -2.36. The third-order valence-corrected chi connectivity index (χ3v) is 10.2. The molecule has 4 aromatic heterocycles. The number of nitrogens with two attached hydrogens (primary N) is 1. The van der Waals surface area contributed by atoms with Crippen molar-refractivity contribution < 1.29 is 22.8 Å². The second-order valence-corrected chi connectivity index (χ2v) is 14.1. The lowest BCUT2D eigenvalue weighted by Gasteiger charge is -2.27. The molecule has 1 amide bonds. The van der Waals surface area contributed by atoms with Gasteiger partial charge in [0.05, 0.1) is 18.2 Å². The molecule has 8 rings (SSSR count). The monoisotopic (exact) mass is 732 g/mol. The first-order valence-electron chi connectivity index (χ1n) is 18.7. The minimum atomic E-state index is -0.613. The number of aromatic nitrogens is 6. The quantitative estimate of drug-likeness (QED) is 0.206. The molecule has 4 fully saturated rings. The highest BCUT2D eigenvalue weighted by atomic mass is 19.1. The Hall–Kier alpha value is -4.79. The van der Waals surface area contributed by atoms with E-state index in [4.69, 9.17) is 15.0 Å². The molecular weight excluding hydrogens is 682 g/mol. The third kappa shape index (κ3) is 8.40. The molecule has 4 aromatic rings. The summed E-state index contributed by atoms with van der Waals surface area (Å²) in [6.07, 6.45) is 10.1. The van der Waals surface area contributed by atoms with E-state index in [2.05, 4.69) is 35.0 Å². The van der Waals surface area contributed by atoms with Gasteiger partial charge in [0.2, 0.25) is 5.91 Å². The number of nitrogens with zero attached hydrogens (tertiary/aromatic N) is 9. The molecule has 3 saturated heterocycles. The molecule has 284 valence electrons. The van der Waals surface area contributed by atoms with E-state index in [9.17, 15) is 9.18 Å². The number of amides is 1. The van der Waals surface area contributed by atoms with E-state index >= 15 is 4.39 Å². The van der Waals surface area contributed by atoms with Crippen molar-refractivity contribution in [1.29, 1.82) is 0 Å². The fraction of sp³-hybridized carbons (Fsp3) is 0.553. The van der Waals surface area contributed by atoms with Crippen LogP contribution in [-0.2, 0) is 4.79 Å². The maximum Gasteiger partial charge on any atom is 0.318 e. The first-order chi connectivity index (χ1) is 25.6. The molecule has 2 N–H and O–H groups in total. The molecule has 1 aliphatic carbocycles. The smallest absolute Gasteiger partial charge is 0.318 e. The summed E-state index contributed by atoms with van der Waals surface area (Å²) in [4.78, 5) is 40.9. The molecule has 4 aliphatic rings. The number of likely N-dealkylation sites (N-methyl/N-ethyl adjacent to an activating group) is 1. The number of carbonyl (C=O) groups is 1. The van der Waals surface area contributed by atoms with Gasteiger partial charge in [-0.25, -0.2) is 13.8 Å². The number of ether oxygens (including phenoxy) is 1. The second kappa shape index (κ2) is 16.5. The van der Waals surface area contributed by atoms with Crippen LogP contribution in [0.3, 0.4) is 0 Å². The molecule has 0 radical (unpaired) electrons. The highest BCUT2D eigenvalue weighted by Crippen LogP contribution is 2.44. The summed E-state index contributed by atoms with van der Waals surface area (Å²) >= 11 is 0. The molecule has 0 spiro atoms. The van der Waals surface area contributed by atoms with Gasteiger partial charge in [-0.05, 0) is 62.6 Å². The van der Waals surface area contributed by atoms with Crippen LogP contribution in [0.15, 0.2) is 28.9 Å². The number of anilines is 2. The Bertz CT molecular complexity index is 1920. The molecule has 3 unspecified atom stereocenters. The lowest BCUT2D eigenvalue weighted by atomic mass is 10.0. The van der Waals surface area contributed by atoms with Crippen molar-refractivity contribution in [3.63, 3.8) is 0 Å². The SMILES string of the molecule is CC.COc1nc(N(C)C2CCN(C(=O)/C=C/c3nc(C(C)C)no3)C2)c2cnc(-c3nc(N)ccc3C3CC3)c(F)c2n1.FC1CC2CCCN2C1. The van der Waals surface area contributed by atoms with E-state index in [1.165, 1.54) is 32.1 Å². The molecule has 15 heteroatoms. The largest absolute Gasteiger partial charge is 0.467 e. The van der Waals surface area contributed by atoms with Gasteiger partial charge in [-0.2, -0.15) is 15.0 Å². The van der Waals surface area contributed by atoms with Crippen LogP contribution in [0, 0.1) is 5.82 Å². The van der Waals surface area contributed by atoms with Gasteiger partial charge in [-0.1, -0.05) is 38.9 Å². The Kier molecular flexibility index (Phi) is 11.8. The van der Waals surface area contributed by atoms with Gasteiger partial charge >= 0.3 is 6.01 Å². The topological polar surface area (TPSA) is 153 Å². The molecule has 3 atom stereocenters. The summed E-state index contributed by atoms with van der Waals surface area (Å²) in [6.45, 7) is 10.8. The maximum absolute atomic E-state index is 16.1. The minimum Gasteiger partial charge on any atom is -0.467 e. The number of alkyl halides is 1. The van der Waals surface area contributed by atoms with Crippen LogP contribution in [-0.4, -0.2) is 104 Å². The number of rotatable bonds is 8. The summed E-state index contributed by atoms with van der Waals surface area (Å²) < 4.78 is 39.3. The molecule has 13 nitrogen and oxygen atoms in total. The van der Waals surface area contributed by atoms with Gasteiger partial charge in [0.15, 0.2) is 11.6 Å². The van der Waals surface area contributed by atoms with Crippen molar-refractivity contribution in [3.05, 3.63) is 47.5 Å². The number of nitrogen functional groups attached to an aromatic ring is 1. The number of pyridine rings is 2. The van der Waals surface area contributed by atoms with E-state index in [0.29, 0.717) is 66.6 Å². The average molecular weight is 733 g/mol. The zero-order valence-corrected chi connectivity index (χ0v) is 31.4. The highest BCUT2D eigenvalue weighted by molar-refractivity contribution is 5.93. The zero-order chi connectivity index (χ0) is 37.8. The summed E-state index contributed by atoms with van der Waals surface area (Å²) in [7, 11) is 3.30. The fourth-order valence-electron chi connectivity index (χ4n) is 7.20. The Labute approximate surface area is 309 Å². The Morgan fingerprint density at radius 3 is 2.57 bits per heavy atom. The molecule has 0 aromatic carbocycles. The maximum atomic E-state index is 16.1. The summed E-state index contributed by atoms with van der Waals surface area (Å²) in [5.41, 5.74) is 7.50. The van der Waals surface area contributed by atoms with Crippen LogP contribution >= 0.6 is 0 Å². The second-order valence-electron chi connectivity index (χ2n) is 14.1. The predicted octanol–water partition coefficient (Wildman–Crippen LogP) is 6.17. The Balaban J connectivity index is 0.000000374. The van der Waals surface area contributed by atoms with Crippen molar-refractivity contribution in [2.24, 2.45) is 0 Å². The first-order valence-corrected chi connectivity index (χ1v) is 18.7. The van der Waals surface area contributed by atoms with Gasteiger partial charge in [-0.15, -0.1) is 0 Å². The molecule has 7 heterocycles. The molecule has 3 aliphatic heterocycles. The van der Waals surface area contributed by atoms with Gasteiger partial charge in [0, 0.05) is 63.0 Å². The summed E-state index contributed by atoms with van der Waals surface area (Å²) in [5, 5.41) is 4.34. The Morgan fingerprint density at radius 2 is 1.87 bits per heavy atom. The fourth-order valence-corrected chi connectivity index (χ4v) is 7.20. The number of fused-ring (bicyclic) bond motifs is 2. The van der Waals surface area contributed by atoms with E-state index in [-0.39, 0.29) is 41.0 Å². The van der Waals surface area contributed by atoms with E-state index in [1.54, 1.807) is 17.2 Å². The van der Waals surface area contributed by atoms with E-state index < -0.39 is 12.0 Å². The lowest BCUT2D eigenvalue weighted by molar-refractivity contribution is -0.124. The number of carbonyl (C=O) groups excluding carboxylic acids is 1. The predicted molar refractivity (Wildman–Crippen MR) is 200 cm³/mol. The van der Waals surface area contributed by atoms with E-state index in [0.717, 1.165) is 31.4 Å². The normalized spacial score (nSPS) is 21.1. The van der Waals surface area contributed by atoms with Crippen molar-refractivity contribution in [2.75, 3.05) is 51.0 Å². The minimum absolute atomic E-state index is 0.0255. The molecule has 0 bridgehead atoms. The third-order valence-electron chi connectivity index (χ3n) is 10.2. The van der Waals surface area contributed by atoms with Crippen LogP contribution in [0.25, 0.3) is 28.4 Å². The van der Waals surface area contributed by atoms with Crippen LogP contribution in [0.1, 0.15) is 95.3 Å². The number of halogens is 2. The first kappa shape index (κ1) is 38.0. The number of methoxy groups -OCH3 is 1. The van der Waals surface area contributed by atoms with Crippen molar-refractivity contribution in [3.8, 4) is 17.4 Å². The van der Waals surface area contributed by atoms with Crippen molar-refractivity contribution in [1.82, 2.24) is 39.9 Å². The average Bonchev–Trinajstić information content (AvgIpc) is 3.50. The molecule has 1 saturated carbocycles. The number of hydrogen-bond donors (Lipinski definition) is 1. The molecule has 53 heavy (non-hydrogen) atoms. The van der Waals surface area contributed by atoms with Gasteiger partial charge in [0.25, 0.3) is 5.89 Å². The highest BCUT2D eigenvalue weighted by Gasteiger charge is 2.35. The Morgan fingerprint density at radius 1 is 1.08 bits per heavy atom. The van der Waals surface area contributed by atoms with Gasteiger partial charge in [0.1, 0.15) is 29.0 Å². The summed E-state index contributed by atoms with van der Waals surface area (Å²) in [6, 6.07) is 4.18. The van der Waals surface area contributed by atoms with Crippen LogP contribution in [0.2, 0.25) is 0 Å². The summed E-state index contributed by atoms with van der Waals surface area (Å²) in [5.74, 6) is 1.29. The van der Waals surface area contributed by atoms with Gasteiger partial charge in [-0.3, -0.25) is 14.7 Å². The zero-order valence-electron chi connectivity index (χ0n) is 31.4. The van der Waals surface area contributed by atoms with Crippen LogP contribution in [0.5, 0.6) is 6.01 Å². The standard InChI is InChI=1S/C29H32FN9O3.C7H12FN.C2H6/c1-15(2)27-34-21(42-37-27)9-10-22(40)39-12-11-17(14-39)38(3)28-19-13-32-26(23(30)24(19)35-29(36-28)41-4)25-18(16-5-6-16)7-8-20(31)33-25;8-6-4-7-2-1-3-9(7)5-6;1-2/h7-10,13,15-17H,5-6,11-12,14H2,1-4H3,(H2,31,33);6-7H,1-5H2;1-2H3/b10-9+;;. The molecular formula is C38H50F2N10O3. The number of likely N-dealkylation sites (tertiary alicyclic amines) is 1. The van der Waals surface area contributed by atoms with Gasteiger partial charge < -0.3 is 24.8 Å². The van der Waals surface area contributed by atoms with Crippen LogP contribution in [0.4, 0.5) is 20.4 Å². The van der Waals surface area contributed by atoms with E-state index in [1.807, 2.05) is 45.7 Å². The number of hydrogen-bond acceptors (Lipinski definition) is 12.